The molecule has 1 aliphatic carbocycles. The first-order valence-electron chi connectivity index (χ1n) is 6.23. The lowest BCUT2D eigenvalue weighted by Gasteiger charge is -2.29. The van der Waals surface area contributed by atoms with E-state index in [1.165, 1.54) is 12.8 Å². The van der Waals surface area contributed by atoms with E-state index >= 15 is 0 Å². The van der Waals surface area contributed by atoms with Gasteiger partial charge in [0.25, 0.3) is 0 Å². The van der Waals surface area contributed by atoms with Crippen LogP contribution in [0, 0.1) is 0 Å². The lowest BCUT2D eigenvalue weighted by molar-refractivity contribution is 0.163. The van der Waals surface area contributed by atoms with Crippen molar-refractivity contribution in [3.63, 3.8) is 0 Å². The highest BCUT2D eigenvalue weighted by molar-refractivity contribution is 7.99. The second-order valence-electron chi connectivity index (χ2n) is 4.98. The molecule has 1 atom stereocenters. The third-order valence-electron chi connectivity index (χ3n) is 3.06. The van der Waals surface area contributed by atoms with Gasteiger partial charge in [-0.15, -0.1) is 0 Å². The molecule has 0 aliphatic heterocycles. The second kappa shape index (κ2) is 5.89. The molecule has 5 heteroatoms. The minimum Gasteiger partial charge on any atom is -0.394 e. The highest BCUT2D eigenvalue weighted by atomic mass is 32.2. The van der Waals surface area contributed by atoms with E-state index < -0.39 is 0 Å². The third kappa shape index (κ3) is 4.33. The topological polar surface area (TPSA) is 60.9 Å². The van der Waals surface area contributed by atoms with E-state index in [-0.39, 0.29) is 12.1 Å². The predicted octanol–water partition coefficient (Wildman–Crippen LogP) is 1.78. The lowest BCUT2D eigenvalue weighted by atomic mass is 9.97. The summed E-state index contributed by atoms with van der Waals surface area (Å²) in [5.74, 6) is 1.04. The number of hydrogen-bond acceptors (Lipinski definition) is 4. The van der Waals surface area contributed by atoms with E-state index in [1.807, 2.05) is 6.20 Å². The average molecular weight is 255 g/mol. The molecule has 0 aromatic carbocycles. The molecule has 17 heavy (non-hydrogen) atoms. The number of H-pyrrole nitrogens is 1. The van der Waals surface area contributed by atoms with Crippen molar-refractivity contribution in [2.45, 2.75) is 49.3 Å². The highest BCUT2D eigenvalue weighted by Crippen LogP contribution is 2.25. The molecule has 1 fully saturated rings. The molecule has 4 nitrogen and oxygen atoms in total. The summed E-state index contributed by atoms with van der Waals surface area (Å²) in [4.78, 5) is 7.25. The van der Waals surface area contributed by atoms with Gasteiger partial charge in [-0.05, 0) is 32.6 Å². The summed E-state index contributed by atoms with van der Waals surface area (Å²) in [7, 11) is 0. The Morgan fingerprint density at radius 2 is 2.47 bits per heavy atom. The average Bonchev–Trinajstić information content (AvgIpc) is 2.97. The monoisotopic (exact) mass is 255 g/mol. The number of aromatic nitrogens is 2. The van der Waals surface area contributed by atoms with Crippen LogP contribution in [0.15, 0.2) is 17.6 Å². The van der Waals surface area contributed by atoms with Gasteiger partial charge < -0.3 is 15.4 Å². The number of thioether (sulfide) groups is 1. The van der Waals surface area contributed by atoms with E-state index in [1.54, 1.807) is 18.0 Å². The summed E-state index contributed by atoms with van der Waals surface area (Å²) in [6.07, 6.45) is 8.23. The zero-order chi connectivity index (χ0) is 12.1. The van der Waals surface area contributed by atoms with Crippen LogP contribution in [-0.4, -0.2) is 39.0 Å². The largest absolute Gasteiger partial charge is 0.394 e. The number of rotatable bonds is 8. The molecular formula is C12H21N3OS. The number of aromatic amines is 1. The molecule has 1 unspecified atom stereocenters. The Morgan fingerprint density at radius 3 is 3.06 bits per heavy atom. The summed E-state index contributed by atoms with van der Waals surface area (Å²) in [6.45, 7) is 2.33. The van der Waals surface area contributed by atoms with Crippen molar-refractivity contribution in [1.29, 1.82) is 0 Å². The molecule has 0 bridgehead atoms. The van der Waals surface area contributed by atoms with Gasteiger partial charge in [0.2, 0.25) is 0 Å². The second-order valence-corrected chi connectivity index (χ2v) is 6.07. The fourth-order valence-corrected chi connectivity index (χ4v) is 2.65. The van der Waals surface area contributed by atoms with Crippen molar-refractivity contribution >= 4 is 11.8 Å². The van der Waals surface area contributed by atoms with Gasteiger partial charge in [0.1, 0.15) is 0 Å². The minimum atomic E-state index is -0.106. The van der Waals surface area contributed by atoms with Crippen molar-refractivity contribution in [1.82, 2.24) is 15.3 Å². The molecule has 1 saturated carbocycles. The quantitative estimate of drug-likeness (QED) is 0.489. The summed E-state index contributed by atoms with van der Waals surface area (Å²) in [5.41, 5.74) is -0.106. The van der Waals surface area contributed by atoms with Gasteiger partial charge in [-0.3, -0.25) is 0 Å². The SMILES string of the molecule is CC(CO)(CCCSc1ncc[nH]1)NC1CC1. The maximum atomic E-state index is 9.46. The van der Waals surface area contributed by atoms with Crippen molar-refractivity contribution in [2.24, 2.45) is 0 Å². The Morgan fingerprint density at radius 1 is 1.65 bits per heavy atom. The van der Waals surface area contributed by atoms with Gasteiger partial charge in [-0.1, -0.05) is 11.8 Å². The predicted molar refractivity (Wildman–Crippen MR) is 70.2 cm³/mol. The molecule has 1 aromatic heterocycles. The highest BCUT2D eigenvalue weighted by Gasteiger charge is 2.31. The number of hydrogen-bond donors (Lipinski definition) is 3. The van der Waals surface area contributed by atoms with Crippen LogP contribution in [0.3, 0.4) is 0 Å². The maximum Gasteiger partial charge on any atom is 0.165 e. The Balaban J connectivity index is 1.65. The molecular weight excluding hydrogens is 234 g/mol. The first-order chi connectivity index (χ1) is 8.22. The Kier molecular flexibility index (Phi) is 4.48. The summed E-state index contributed by atoms with van der Waals surface area (Å²) in [5, 5.41) is 14.0. The van der Waals surface area contributed by atoms with Crippen LogP contribution in [0.2, 0.25) is 0 Å². The van der Waals surface area contributed by atoms with Crippen LogP contribution in [0.4, 0.5) is 0 Å². The Bertz CT molecular complexity index is 327. The third-order valence-corrected chi connectivity index (χ3v) is 4.05. The van der Waals surface area contributed by atoms with Crippen LogP contribution < -0.4 is 5.32 Å². The van der Waals surface area contributed by atoms with E-state index in [0.717, 1.165) is 23.8 Å². The number of nitrogens with one attached hydrogen (secondary N) is 2. The van der Waals surface area contributed by atoms with Crippen LogP contribution in [0.25, 0.3) is 0 Å². The van der Waals surface area contributed by atoms with Crippen LogP contribution in [-0.2, 0) is 0 Å². The molecule has 3 N–H and O–H groups in total. The van der Waals surface area contributed by atoms with E-state index in [0.29, 0.717) is 6.04 Å². The van der Waals surface area contributed by atoms with Gasteiger partial charge in [-0.2, -0.15) is 0 Å². The maximum absolute atomic E-state index is 9.46. The Labute approximate surface area is 107 Å². The molecule has 0 amide bonds. The molecule has 1 aliphatic rings. The van der Waals surface area contributed by atoms with Crippen molar-refractivity contribution in [2.75, 3.05) is 12.4 Å². The Hall–Kier alpha value is -0.520. The molecule has 1 heterocycles. The fraction of sp³-hybridized carbons (Fsp3) is 0.750. The van der Waals surface area contributed by atoms with E-state index in [4.69, 9.17) is 0 Å². The van der Waals surface area contributed by atoms with Crippen LogP contribution in [0.5, 0.6) is 0 Å². The zero-order valence-electron chi connectivity index (χ0n) is 10.3. The van der Waals surface area contributed by atoms with Gasteiger partial charge >= 0.3 is 0 Å². The van der Waals surface area contributed by atoms with E-state index in [9.17, 15) is 5.11 Å². The first kappa shape index (κ1) is 12.9. The number of nitrogens with zero attached hydrogens (tertiary/aromatic N) is 1. The number of aliphatic hydroxyl groups excluding tert-OH is 1. The summed E-state index contributed by atoms with van der Waals surface area (Å²) >= 11 is 1.74. The summed E-state index contributed by atoms with van der Waals surface area (Å²) in [6, 6.07) is 0.643. The van der Waals surface area contributed by atoms with Crippen LogP contribution >= 0.6 is 11.8 Å². The first-order valence-corrected chi connectivity index (χ1v) is 7.21. The van der Waals surface area contributed by atoms with Crippen molar-refractivity contribution < 1.29 is 5.11 Å². The van der Waals surface area contributed by atoms with Crippen molar-refractivity contribution in [3.05, 3.63) is 12.4 Å². The van der Waals surface area contributed by atoms with Gasteiger partial charge in [0, 0.05) is 29.7 Å². The fourth-order valence-electron chi connectivity index (χ4n) is 1.88. The lowest BCUT2D eigenvalue weighted by Crippen LogP contribution is -2.46. The standard InChI is InChI=1S/C12H21N3OS/c1-12(9-16,15-10-3-4-10)5-2-8-17-11-13-6-7-14-11/h6-7,10,15-16H,2-5,8-9H2,1H3,(H,13,14). The molecule has 0 radical (unpaired) electrons. The molecule has 1 aromatic rings. The zero-order valence-corrected chi connectivity index (χ0v) is 11.1. The molecule has 2 rings (SSSR count). The molecule has 96 valence electrons. The molecule has 0 saturated heterocycles. The summed E-state index contributed by atoms with van der Waals surface area (Å²) < 4.78 is 0. The minimum absolute atomic E-state index is 0.106. The number of aliphatic hydroxyl groups is 1. The smallest absolute Gasteiger partial charge is 0.165 e. The normalized spacial score (nSPS) is 19.2. The number of imidazole rings is 1. The molecule has 0 spiro atoms. The van der Waals surface area contributed by atoms with E-state index in [2.05, 4.69) is 22.2 Å². The van der Waals surface area contributed by atoms with Gasteiger partial charge in [0.15, 0.2) is 5.16 Å². The van der Waals surface area contributed by atoms with Crippen LogP contribution in [0.1, 0.15) is 32.6 Å². The van der Waals surface area contributed by atoms with Crippen molar-refractivity contribution in [3.8, 4) is 0 Å². The van der Waals surface area contributed by atoms with Gasteiger partial charge in [0.05, 0.1) is 6.61 Å². The van der Waals surface area contributed by atoms with Gasteiger partial charge in [-0.25, -0.2) is 4.98 Å².